The Morgan fingerprint density at radius 1 is 1.29 bits per heavy atom. The number of piperazine rings is 1. The second-order valence-corrected chi connectivity index (χ2v) is 7.17. The van der Waals surface area contributed by atoms with E-state index in [0.717, 1.165) is 6.54 Å². The van der Waals surface area contributed by atoms with E-state index in [2.05, 4.69) is 48.3 Å². The van der Waals surface area contributed by atoms with Gasteiger partial charge in [0.2, 0.25) is 0 Å². The van der Waals surface area contributed by atoms with Crippen LogP contribution >= 0.6 is 0 Å². The normalized spacial score (nSPS) is 25.5. The fourth-order valence-corrected chi connectivity index (χ4v) is 4.30. The number of nitrogens with zero attached hydrogens (tertiary/aromatic N) is 1. The van der Waals surface area contributed by atoms with Crippen molar-refractivity contribution < 1.29 is 0 Å². The first-order chi connectivity index (χ1) is 10.2. The summed E-state index contributed by atoms with van der Waals surface area (Å²) in [5.74, 6) is 0. The summed E-state index contributed by atoms with van der Waals surface area (Å²) >= 11 is 0. The van der Waals surface area contributed by atoms with Gasteiger partial charge in [0.1, 0.15) is 0 Å². The molecule has 3 rings (SSSR count). The van der Waals surface area contributed by atoms with Crippen molar-refractivity contribution >= 4 is 0 Å². The van der Waals surface area contributed by atoms with Gasteiger partial charge in [-0.1, -0.05) is 56.0 Å². The molecule has 1 unspecified atom stereocenters. The molecule has 116 valence electrons. The Morgan fingerprint density at radius 2 is 2.10 bits per heavy atom. The van der Waals surface area contributed by atoms with Gasteiger partial charge in [0.25, 0.3) is 0 Å². The predicted molar refractivity (Wildman–Crippen MR) is 89.5 cm³/mol. The highest BCUT2D eigenvalue weighted by Crippen LogP contribution is 2.38. The van der Waals surface area contributed by atoms with Crippen molar-refractivity contribution in [2.75, 3.05) is 13.1 Å². The van der Waals surface area contributed by atoms with Crippen LogP contribution in [0.15, 0.2) is 24.3 Å². The zero-order valence-corrected chi connectivity index (χ0v) is 13.7. The van der Waals surface area contributed by atoms with Crippen LogP contribution in [0, 0.1) is 6.92 Å². The fraction of sp³-hybridized carbons (Fsp3) is 0.684. The number of hydrogen-bond donors (Lipinski definition) is 1. The molecule has 2 fully saturated rings. The highest BCUT2D eigenvalue weighted by Gasteiger charge is 2.43. The van der Waals surface area contributed by atoms with E-state index in [-0.39, 0.29) is 0 Å². The molecule has 0 amide bonds. The maximum Gasteiger partial charge on any atom is 0.0338 e. The van der Waals surface area contributed by atoms with Crippen molar-refractivity contribution in [3.05, 3.63) is 35.4 Å². The molecule has 0 radical (unpaired) electrons. The van der Waals surface area contributed by atoms with Crippen LogP contribution in [0.2, 0.25) is 0 Å². The molecule has 2 nitrogen and oxygen atoms in total. The second-order valence-electron chi connectivity index (χ2n) is 7.17. The molecule has 1 aliphatic heterocycles. The minimum Gasteiger partial charge on any atom is -0.311 e. The lowest BCUT2D eigenvalue weighted by molar-refractivity contribution is 0.0338. The average molecular weight is 286 g/mol. The van der Waals surface area contributed by atoms with Gasteiger partial charge >= 0.3 is 0 Å². The van der Waals surface area contributed by atoms with E-state index in [1.807, 2.05) is 0 Å². The third-order valence-corrected chi connectivity index (χ3v) is 5.46. The van der Waals surface area contributed by atoms with Crippen molar-refractivity contribution in [1.29, 1.82) is 0 Å². The van der Waals surface area contributed by atoms with Crippen LogP contribution in [0.5, 0.6) is 0 Å². The van der Waals surface area contributed by atoms with Crippen LogP contribution in [0.1, 0.15) is 56.6 Å². The third kappa shape index (κ3) is 3.32. The zero-order valence-electron chi connectivity index (χ0n) is 13.7. The summed E-state index contributed by atoms with van der Waals surface area (Å²) in [6.07, 6.45) is 8.16. The van der Waals surface area contributed by atoms with Gasteiger partial charge in [0.05, 0.1) is 0 Å². The number of hydrogen-bond acceptors (Lipinski definition) is 2. The first kappa shape index (κ1) is 15.1. The third-order valence-electron chi connectivity index (χ3n) is 5.46. The number of rotatable bonds is 4. The van der Waals surface area contributed by atoms with Gasteiger partial charge in [-0.3, -0.25) is 4.90 Å². The largest absolute Gasteiger partial charge is 0.311 e. The molecule has 1 aliphatic carbocycles. The first-order valence-corrected chi connectivity index (χ1v) is 8.76. The van der Waals surface area contributed by atoms with Gasteiger partial charge in [-0.2, -0.15) is 0 Å². The minimum atomic E-state index is 0.438. The molecule has 2 heteroatoms. The van der Waals surface area contributed by atoms with Crippen molar-refractivity contribution in [2.24, 2.45) is 0 Å². The Kier molecular flexibility index (Phi) is 4.66. The van der Waals surface area contributed by atoms with Crippen LogP contribution in [-0.4, -0.2) is 29.6 Å². The molecule has 1 aromatic rings. The first-order valence-electron chi connectivity index (χ1n) is 8.76. The maximum absolute atomic E-state index is 3.84. The SMILES string of the molecule is CCCC1CN(Cc2cccc(C)c2)C2(CCCC2)CN1. The summed E-state index contributed by atoms with van der Waals surface area (Å²) in [7, 11) is 0. The van der Waals surface area contributed by atoms with Crippen LogP contribution in [-0.2, 0) is 6.54 Å². The molecule has 1 N–H and O–H groups in total. The highest BCUT2D eigenvalue weighted by molar-refractivity contribution is 5.22. The standard InChI is InChI=1S/C19H30N2/c1-3-7-18-14-21(13-17-9-6-8-16(2)12-17)19(15-20-18)10-4-5-11-19/h6,8-9,12,18,20H,3-5,7,10-11,13-15H2,1-2H3. The Labute approximate surface area is 129 Å². The average Bonchev–Trinajstić information content (AvgIpc) is 2.93. The lowest BCUT2D eigenvalue weighted by Gasteiger charge is -2.48. The highest BCUT2D eigenvalue weighted by atomic mass is 15.3. The Hall–Kier alpha value is -0.860. The molecule has 1 saturated carbocycles. The molecule has 21 heavy (non-hydrogen) atoms. The summed E-state index contributed by atoms with van der Waals surface area (Å²) in [5, 5.41) is 3.84. The van der Waals surface area contributed by atoms with E-state index in [4.69, 9.17) is 0 Å². The van der Waals surface area contributed by atoms with Crippen LogP contribution in [0.4, 0.5) is 0 Å². The zero-order chi connectivity index (χ0) is 14.7. The van der Waals surface area contributed by atoms with E-state index in [0.29, 0.717) is 11.6 Å². The van der Waals surface area contributed by atoms with Crippen LogP contribution < -0.4 is 5.32 Å². The van der Waals surface area contributed by atoms with E-state index in [9.17, 15) is 0 Å². The van der Waals surface area contributed by atoms with Crippen molar-refractivity contribution in [3.8, 4) is 0 Å². The fourth-order valence-electron chi connectivity index (χ4n) is 4.30. The molecule has 1 atom stereocenters. The van der Waals surface area contributed by atoms with Gasteiger partial charge in [0.15, 0.2) is 0 Å². The summed E-state index contributed by atoms with van der Waals surface area (Å²) in [6.45, 7) is 8.05. The quantitative estimate of drug-likeness (QED) is 0.903. The Morgan fingerprint density at radius 3 is 2.81 bits per heavy atom. The molecule has 0 aromatic heterocycles. The Balaban J connectivity index is 1.76. The van der Waals surface area contributed by atoms with Crippen molar-refractivity contribution in [3.63, 3.8) is 0 Å². The summed E-state index contributed by atoms with van der Waals surface area (Å²) in [5.41, 5.74) is 3.31. The van der Waals surface area contributed by atoms with Crippen LogP contribution in [0.3, 0.4) is 0 Å². The predicted octanol–water partition coefficient (Wildman–Crippen LogP) is 3.88. The summed E-state index contributed by atoms with van der Waals surface area (Å²) in [6, 6.07) is 9.75. The lowest BCUT2D eigenvalue weighted by Crippen LogP contribution is -2.63. The minimum absolute atomic E-state index is 0.438. The van der Waals surface area contributed by atoms with Gasteiger partial charge in [-0.05, 0) is 31.7 Å². The lowest BCUT2D eigenvalue weighted by atomic mass is 9.89. The summed E-state index contributed by atoms with van der Waals surface area (Å²) in [4.78, 5) is 2.81. The number of benzene rings is 1. The van der Waals surface area contributed by atoms with E-state index >= 15 is 0 Å². The maximum atomic E-state index is 3.84. The molecule has 1 aromatic carbocycles. The number of nitrogens with one attached hydrogen (secondary N) is 1. The molecular formula is C19H30N2. The van der Waals surface area contributed by atoms with Crippen molar-refractivity contribution in [2.45, 2.75) is 70.5 Å². The molecule has 1 heterocycles. The Bertz CT molecular complexity index is 462. The van der Waals surface area contributed by atoms with Crippen molar-refractivity contribution in [1.82, 2.24) is 10.2 Å². The van der Waals surface area contributed by atoms with Crippen LogP contribution in [0.25, 0.3) is 0 Å². The number of aryl methyl sites for hydroxylation is 1. The molecule has 1 saturated heterocycles. The van der Waals surface area contributed by atoms with Gasteiger partial charge < -0.3 is 5.32 Å². The molecule has 1 spiro atoms. The van der Waals surface area contributed by atoms with E-state index in [1.54, 1.807) is 0 Å². The van der Waals surface area contributed by atoms with E-state index < -0.39 is 0 Å². The smallest absolute Gasteiger partial charge is 0.0338 e. The van der Waals surface area contributed by atoms with Gasteiger partial charge in [-0.25, -0.2) is 0 Å². The summed E-state index contributed by atoms with van der Waals surface area (Å²) < 4.78 is 0. The molecular weight excluding hydrogens is 256 g/mol. The second kappa shape index (κ2) is 6.50. The monoisotopic (exact) mass is 286 g/mol. The molecule has 2 aliphatic rings. The topological polar surface area (TPSA) is 15.3 Å². The van der Waals surface area contributed by atoms with Gasteiger partial charge in [0, 0.05) is 31.2 Å². The van der Waals surface area contributed by atoms with E-state index in [1.165, 1.54) is 62.7 Å². The molecule has 0 bridgehead atoms. The van der Waals surface area contributed by atoms with Gasteiger partial charge in [-0.15, -0.1) is 0 Å².